The zero-order valence-electron chi connectivity index (χ0n) is 26.3. The van der Waals surface area contributed by atoms with Crippen LogP contribution in [0.4, 0.5) is 4.79 Å². The molecular formula is C28H52N6O10S. The number of nitrogens with one attached hydrogen (secondary N) is 3. The third kappa shape index (κ3) is 21.5. The quantitative estimate of drug-likeness (QED) is 0.0308. The van der Waals surface area contributed by atoms with Crippen molar-refractivity contribution in [1.29, 1.82) is 0 Å². The molecule has 0 radical (unpaired) electrons. The van der Waals surface area contributed by atoms with Crippen molar-refractivity contribution in [3.8, 4) is 0 Å². The van der Waals surface area contributed by atoms with Crippen LogP contribution >= 0.6 is 11.8 Å². The number of ether oxygens (including phenoxy) is 8. The Morgan fingerprint density at radius 2 is 1.24 bits per heavy atom. The van der Waals surface area contributed by atoms with Crippen LogP contribution in [0.3, 0.4) is 0 Å². The van der Waals surface area contributed by atoms with E-state index >= 15 is 0 Å². The number of carbonyl (C=O) groups is 2. The summed E-state index contributed by atoms with van der Waals surface area (Å²) >= 11 is 1.90. The molecule has 0 spiro atoms. The maximum Gasteiger partial charge on any atom is 0.315 e. The van der Waals surface area contributed by atoms with Gasteiger partial charge < -0.3 is 53.8 Å². The van der Waals surface area contributed by atoms with Crippen molar-refractivity contribution >= 4 is 23.7 Å². The first-order valence-corrected chi connectivity index (χ1v) is 16.8. The van der Waals surface area contributed by atoms with Gasteiger partial charge in [-0.15, -0.1) is 0 Å². The molecule has 0 aromatic carbocycles. The third-order valence-electron chi connectivity index (χ3n) is 6.65. The summed E-state index contributed by atoms with van der Waals surface area (Å²) in [4.78, 5) is 26.1. The Bertz CT molecular complexity index is 814. The fourth-order valence-corrected chi connectivity index (χ4v) is 5.96. The molecule has 0 bridgehead atoms. The lowest BCUT2D eigenvalue weighted by atomic mass is 10.0. The minimum atomic E-state index is -0.0614. The molecule has 3 atom stereocenters. The summed E-state index contributed by atoms with van der Waals surface area (Å²) in [5.74, 6) is 1.00. The molecule has 0 aromatic heterocycles. The maximum absolute atomic E-state index is 12.0. The molecule has 2 aliphatic heterocycles. The molecule has 0 aliphatic carbocycles. The van der Waals surface area contributed by atoms with Crippen LogP contribution in [0.15, 0.2) is 5.11 Å². The van der Waals surface area contributed by atoms with Crippen LogP contribution in [0, 0.1) is 0 Å². The number of unbranched alkanes of at least 4 members (excludes halogenated alkanes) is 1. The highest BCUT2D eigenvalue weighted by Crippen LogP contribution is 2.33. The van der Waals surface area contributed by atoms with E-state index < -0.39 is 0 Å². The lowest BCUT2D eigenvalue weighted by molar-refractivity contribution is -0.121. The first-order chi connectivity index (χ1) is 22.2. The summed E-state index contributed by atoms with van der Waals surface area (Å²) in [7, 11) is 0. The number of fused-ring (bicyclic) bond motifs is 1. The van der Waals surface area contributed by atoms with E-state index in [-0.39, 0.29) is 24.0 Å². The summed E-state index contributed by atoms with van der Waals surface area (Å²) in [6.45, 7) is 8.33. The monoisotopic (exact) mass is 664 g/mol. The van der Waals surface area contributed by atoms with Gasteiger partial charge in [0.25, 0.3) is 0 Å². The van der Waals surface area contributed by atoms with Gasteiger partial charge in [0.2, 0.25) is 5.91 Å². The van der Waals surface area contributed by atoms with Gasteiger partial charge in [-0.1, -0.05) is 11.5 Å². The van der Waals surface area contributed by atoms with Crippen molar-refractivity contribution in [2.45, 2.75) is 43.0 Å². The maximum atomic E-state index is 12.0. The second kappa shape index (κ2) is 28.3. The second-order valence-corrected chi connectivity index (χ2v) is 11.3. The van der Waals surface area contributed by atoms with Crippen molar-refractivity contribution in [3.63, 3.8) is 0 Å². The molecule has 0 unspecified atom stereocenters. The van der Waals surface area contributed by atoms with Crippen LogP contribution in [0.2, 0.25) is 0 Å². The van der Waals surface area contributed by atoms with Crippen LogP contribution in [0.25, 0.3) is 10.4 Å². The Kier molecular flexibility index (Phi) is 24.7. The predicted octanol–water partition coefficient (Wildman–Crippen LogP) is 1.27. The average molecular weight is 665 g/mol. The molecule has 2 aliphatic rings. The Labute approximate surface area is 270 Å². The van der Waals surface area contributed by atoms with E-state index in [9.17, 15) is 9.59 Å². The van der Waals surface area contributed by atoms with Gasteiger partial charge in [0, 0.05) is 35.4 Å². The van der Waals surface area contributed by atoms with Gasteiger partial charge >= 0.3 is 6.03 Å². The lowest BCUT2D eigenvalue weighted by Crippen LogP contribution is -2.36. The van der Waals surface area contributed by atoms with Crippen molar-refractivity contribution in [2.24, 2.45) is 5.11 Å². The van der Waals surface area contributed by atoms with Gasteiger partial charge in [0.1, 0.15) is 0 Å². The Hall–Kier alpha value is -1.92. The van der Waals surface area contributed by atoms with Crippen LogP contribution in [-0.2, 0) is 42.7 Å². The smallest absolute Gasteiger partial charge is 0.315 e. The average Bonchev–Trinajstić information content (AvgIpc) is 3.59. The van der Waals surface area contributed by atoms with Crippen molar-refractivity contribution in [1.82, 2.24) is 16.0 Å². The number of carbonyl (C=O) groups excluding carboxylic acids is 2. The van der Waals surface area contributed by atoms with Gasteiger partial charge in [-0.3, -0.25) is 4.79 Å². The highest BCUT2D eigenvalue weighted by atomic mass is 32.2. The molecule has 2 fully saturated rings. The minimum absolute atomic E-state index is 0.0419. The molecule has 2 saturated heterocycles. The van der Waals surface area contributed by atoms with Crippen LogP contribution in [0.1, 0.15) is 25.7 Å². The van der Waals surface area contributed by atoms with Crippen molar-refractivity contribution in [2.75, 3.05) is 125 Å². The molecular weight excluding hydrogens is 612 g/mol. The highest BCUT2D eigenvalue weighted by molar-refractivity contribution is 8.00. The first kappa shape index (κ1) is 39.3. The lowest BCUT2D eigenvalue weighted by Gasteiger charge is -2.16. The summed E-state index contributed by atoms with van der Waals surface area (Å²) < 4.78 is 43.3. The van der Waals surface area contributed by atoms with Gasteiger partial charge in [0.05, 0.1) is 118 Å². The topological polar surface area (TPSA) is 193 Å². The molecule has 16 nitrogen and oxygen atoms in total. The van der Waals surface area contributed by atoms with E-state index in [1.807, 2.05) is 11.8 Å². The molecule has 0 saturated carbocycles. The molecule has 260 valence electrons. The number of thioether (sulfide) groups is 1. The number of azide groups is 1. The number of amides is 3. The van der Waals surface area contributed by atoms with E-state index in [0.717, 1.165) is 25.0 Å². The summed E-state index contributed by atoms with van der Waals surface area (Å²) in [6, 6.07) is 0.408. The van der Waals surface area contributed by atoms with E-state index in [1.165, 1.54) is 0 Å². The number of hydrogen-bond acceptors (Lipinski definition) is 12. The minimum Gasteiger partial charge on any atom is -0.379 e. The zero-order valence-corrected chi connectivity index (χ0v) is 27.1. The van der Waals surface area contributed by atoms with Gasteiger partial charge in [-0.25, -0.2) is 4.79 Å². The number of nitrogens with zero attached hydrogens (tertiary/aromatic N) is 3. The highest BCUT2D eigenvalue weighted by Gasteiger charge is 2.42. The van der Waals surface area contributed by atoms with Crippen LogP contribution in [0.5, 0.6) is 0 Å². The van der Waals surface area contributed by atoms with E-state index in [1.54, 1.807) is 0 Å². The normalized spacial score (nSPS) is 18.8. The predicted molar refractivity (Wildman–Crippen MR) is 168 cm³/mol. The van der Waals surface area contributed by atoms with E-state index in [2.05, 4.69) is 26.0 Å². The zero-order chi connectivity index (χ0) is 32.0. The molecule has 2 rings (SSSR count). The molecule has 2 heterocycles. The van der Waals surface area contributed by atoms with Gasteiger partial charge in [-0.05, 0) is 18.4 Å². The van der Waals surface area contributed by atoms with Crippen molar-refractivity contribution < 1.29 is 47.5 Å². The summed E-state index contributed by atoms with van der Waals surface area (Å²) in [6.07, 6.45) is 3.34. The Balaban J connectivity index is 1.18. The molecule has 45 heavy (non-hydrogen) atoms. The molecule has 17 heteroatoms. The third-order valence-corrected chi connectivity index (χ3v) is 8.16. The molecule has 0 aromatic rings. The second-order valence-electron chi connectivity index (χ2n) is 10.1. The summed E-state index contributed by atoms with van der Waals surface area (Å²) in [5.41, 5.74) is 8.13. The standard InChI is InChI=1S/C28H52N6O10S/c29-34-31-6-8-38-10-12-40-14-16-42-18-20-44-22-21-43-19-17-41-15-13-39-11-9-37-7-5-30-26(35)4-2-1-3-25-27-24(23-45-25)32-28(36)33-27/h24-25,27H,1-23H2,(H,30,35)(H2,32,33,36)/t24-,25-,27-/m0/s1. The summed E-state index contributed by atoms with van der Waals surface area (Å²) in [5, 5.41) is 12.6. The van der Waals surface area contributed by atoms with Crippen LogP contribution < -0.4 is 16.0 Å². The molecule has 3 amide bonds. The van der Waals surface area contributed by atoms with E-state index in [0.29, 0.717) is 130 Å². The number of rotatable bonds is 32. The largest absolute Gasteiger partial charge is 0.379 e. The number of urea groups is 1. The van der Waals surface area contributed by atoms with E-state index in [4.69, 9.17) is 43.4 Å². The SMILES string of the molecule is [N-]=[N+]=NCCOCCOCCOCCOCCOCCOCCOCCOCCNC(=O)CCCC[C@@H]1SC[C@@H]2NC(=O)N[C@@H]21. The fraction of sp³-hybridized carbons (Fsp3) is 0.929. The first-order valence-electron chi connectivity index (χ1n) is 15.8. The fourth-order valence-electron chi connectivity index (χ4n) is 4.42. The van der Waals surface area contributed by atoms with Crippen molar-refractivity contribution in [3.05, 3.63) is 10.4 Å². The molecule has 3 N–H and O–H groups in total. The Morgan fingerprint density at radius 3 is 1.76 bits per heavy atom. The Morgan fingerprint density at radius 1 is 0.756 bits per heavy atom. The van der Waals surface area contributed by atoms with Gasteiger partial charge in [0.15, 0.2) is 0 Å². The van der Waals surface area contributed by atoms with Crippen LogP contribution in [-0.4, -0.2) is 154 Å². The number of hydrogen-bond donors (Lipinski definition) is 3. The van der Waals surface area contributed by atoms with Gasteiger partial charge in [-0.2, -0.15) is 11.8 Å².